The largest absolute Gasteiger partial charge is 0.310 e. The van der Waals surface area contributed by atoms with Crippen LogP contribution in [0.2, 0.25) is 5.02 Å². The van der Waals surface area contributed by atoms with Crippen molar-refractivity contribution in [3.8, 4) is 0 Å². The van der Waals surface area contributed by atoms with Gasteiger partial charge in [0.1, 0.15) is 11.6 Å². The second-order valence-corrected chi connectivity index (χ2v) is 7.84. The molecule has 3 aromatic rings. The average Bonchev–Trinajstić information content (AvgIpc) is 3.39. The molecule has 1 amide bonds. The first kappa shape index (κ1) is 18.0. The maximum atomic E-state index is 12.1. The van der Waals surface area contributed by atoms with Crippen molar-refractivity contribution in [1.82, 2.24) is 19.7 Å². The molecule has 1 saturated carbocycles. The SMILES string of the molecule is Cn1c(SCC(=O)Nc2ccc(Cl)cn2)nnc1C1CC1c1ccccc1. The van der Waals surface area contributed by atoms with Crippen molar-refractivity contribution in [3.63, 3.8) is 0 Å². The second kappa shape index (κ2) is 7.70. The monoisotopic (exact) mass is 399 g/mol. The maximum absolute atomic E-state index is 12.1. The van der Waals surface area contributed by atoms with Gasteiger partial charge in [-0.15, -0.1) is 10.2 Å². The summed E-state index contributed by atoms with van der Waals surface area (Å²) in [6.45, 7) is 0. The summed E-state index contributed by atoms with van der Waals surface area (Å²) in [4.78, 5) is 16.2. The zero-order valence-electron chi connectivity index (χ0n) is 14.7. The van der Waals surface area contributed by atoms with Crippen LogP contribution in [0.15, 0.2) is 53.8 Å². The van der Waals surface area contributed by atoms with Crippen LogP contribution >= 0.6 is 23.4 Å². The lowest BCUT2D eigenvalue weighted by atomic mass is 10.1. The van der Waals surface area contributed by atoms with Crippen LogP contribution in [-0.2, 0) is 11.8 Å². The standard InChI is InChI=1S/C19H18ClN5OS/c1-25-18(15-9-14(15)12-5-3-2-4-6-12)23-24-19(25)27-11-17(26)22-16-8-7-13(20)10-21-16/h2-8,10,14-15H,9,11H2,1H3,(H,21,22,26). The van der Waals surface area contributed by atoms with Crippen LogP contribution in [0.1, 0.15) is 29.6 Å². The van der Waals surface area contributed by atoms with Crippen molar-refractivity contribution in [1.29, 1.82) is 0 Å². The Balaban J connectivity index is 1.34. The number of hydrogen-bond acceptors (Lipinski definition) is 5. The Labute approximate surface area is 166 Å². The molecule has 2 unspecified atom stereocenters. The number of amides is 1. The molecule has 4 rings (SSSR count). The molecular formula is C19H18ClN5OS. The Morgan fingerprint density at radius 2 is 2.04 bits per heavy atom. The minimum atomic E-state index is -0.145. The van der Waals surface area contributed by atoms with E-state index in [-0.39, 0.29) is 11.7 Å². The summed E-state index contributed by atoms with van der Waals surface area (Å²) < 4.78 is 1.99. The predicted octanol–water partition coefficient (Wildman–Crippen LogP) is 3.87. The van der Waals surface area contributed by atoms with E-state index in [0.29, 0.717) is 22.7 Å². The summed E-state index contributed by atoms with van der Waals surface area (Å²) in [6, 6.07) is 13.8. The number of benzene rings is 1. The Bertz CT molecular complexity index is 944. The van der Waals surface area contributed by atoms with Gasteiger partial charge < -0.3 is 9.88 Å². The molecule has 6 nitrogen and oxygen atoms in total. The molecular weight excluding hydrogens is 382 g/mol. The van der Waals surface area contributed by atoms with Crippen molar-refractivity contribution >= 4 is 35.1 Å². The molecule has 2 aromatic heterocycles. The molecule has 8 heteroatoms. The predicted molar refractivity (Wildman–Crippen MR) is 106 cm³/mol. The number of pyridine rings is 1. The van der Waals surface area contributed by atoms with E-state index >= 15 is 0 Å². The molecule has 2 atom stereocenters. The molecule has 2 heterocycles. The van der Waals surface area contributed by atoms with Gasteiger partial charge >= 0.3 is 0 Å². The number of rotatable bonds is 6. The highest BCUT2D eigenvalue weighted by molar-refractivity contribution is 7.99. The van der Waals surface area contributed by atoms with Gasteiger partial charge in [0, 0.05) is 19.2 Å². The van der Waals surface area contributed by atoms with E-state index in [2.05, 4.69) is 44.8 Å². The fraction of sp³-hybridized carbons (Fsp3) is 0.263. The highest BCUT2D eigenvalue weighted by Gasteiger charge is 2.42. The van der Waals surface area contributed by atoms with Crippen LogP contribution in [0.5, 0.6) is 0 Å². The van der Waals surface area contributed by atoms with E-state index in [1.165, 1.54) is 23.5 Å². The molecule has 0 aliphatic heterocycles. The van der Waals surface area contributed by atoms with Crippen LogP contribution in [0.25, 0.3) is 0 Å². The van der Waals surface area contributed by atoms with Gasteiger partial charge in [0.05, 0.1) is 10.8 Å². The Morgan fingerprint density at radius 3 is 2.78 bits per heavy atom. The van der Waals surface area contributed by atoms with Gasteiger partial charge in [-0.3, -0.25) is 4.79 Å². The molecule has 1 fully saturated rings. The minimum absolute atomic E-state index is 0.145. The summed E-state index contributed by atoms with van der Waals surface area (Å²) >= 11 is 7.16. The Hall–Kier alpha value is -2.38. The topological polar surface area (TPSA) is 72.7 Å². The lowest BCUT2D eigenvalue weighted by molar-refractivity contribution is -0.113. The molecule has 1 aliphatic carbocycles. The van der Waals surface area contributed by atoms with Crippen molar-refractivity contribution < 1.29 is 4.79 Å². The number of anilines is 1. The normalized spacial score (nSPS) is 18.3. The van der Waals surface area contributed by atoms with E-state index in [1.54, 1.807) is 12.1 Å². The van der Waals surface area contributed by atoms with Crippen LogP contribution in [0.3, 0.4) is 0 Å². The van der Waals surface area contributed by atoms with Gasteiger partial charge in [0.15, 0.2) is 5.16 Å². The molecule has 0 saturated heterocycles. The van der Waals surface area contributed by atoms with E-state index in [1.807, 2.05) is 17.7 Å². The zero-order valence-corrected chi connectivity index (χ0v) is 16.2. The first-order valence-corrected chi connectivity index (χ1v) is 9.96. The van der Waals surface area contributed by atoms with Crippen molar-refractivity contribution in [2.45, 2.75) is 23.4 Å². The summed E-state index contributed by atoms with van der Waals surface area (Å²) in [5.74, 6) is 2.45. The lowest BCUT2D eigenvalue weighted by Gasteiger charge is -2.05. The number of aromatic nitrogens is 4. The molecule has 0 radical (unpaired) electrons. The maximum Gasteiger partial charge on any atom is 0.236 e. The molecule has 138 valence electrons. The molecule has 1 aliphatic rings. The van der Waals surface area contributed by atoms with Crippen LogP contribution in [0.4, 0.5) is 5.82 Å². The number of hydrogen-bond donors (Lipinski definition) is 1. The summed E-state index contributed by atoms with van der Waals surface area (Å²) in [5.41, 5.74) is 1.34. The highest BCUT2D eigenvalue weighted by atomic mass is 35.5. The summed E-state index contributed by atoms with van der Waals surface area (Å²) in [5, 5.41) is 12.6. The number of carbonyl (C=O) groups excluding carboxylic acids is 1. The van der Waals surface area contributed by atoms with E-state index < -0.39 is 0 Å². The Kier molecular flexibility index (Phi) is 5.13. The lowest BCUT2D eigenvalue weighted by Crippen LogP contribution is -2.15. The van der Waals surface area contributed by atoms with Gasteiger partial charge in [0.25, 0.3) is 0 Å². The smallest absolute Gasteiger partial charge is 0.236 e. The first-order valence-electron chi connectivity index (χ1n) is 8.60. The average molecular weight is 400 g/mol. The quantitative estimate of drug-likeness (QED) is 0.637. The zero-order chi connectivity index (χ0) is 18.8. The third-order valence-electron chi connectivity index (χ3n) is 4.55. The van der Waals surface area contributed by atoms with Gasteiger partial charge in [-0.25, -0.2) is 4.98 Å². The van der Waals surface area contributed by atoms with Crippen LogP contribution < -0.4 is 5.32 Å². The minimum Gasteiger partial charge on any atom is -0.310 e. The van der Waals surface area contributed by atoms with Crippen LogP contribution in [-0.4, -0.2) is 31.4 Å². The molecule has 0 spiro atoms. The van der Waals surface area contributed by atoms with E-state index in [0.717, 1.165) is 17.4 Å². The Morgan fingerprint density at radius 1 is 1.22 bits per heavy atom. The fourth-order valence-corrected chi connectivity index (χ4v) is 3.91. The number of carbonyl (C=O) groups is 1. The van der Waals surface area contributed by atoms with Gasteiger partial charge in [-0.05, 0) is 30.0 Å². The number of nitrogens with zero attached hydrogens (tertiary/aromatic N) is 4. The second-order valence-electron chi connectivity index (χ2n) is 6.46. The molecule has 27 heavy (non-hydrogen) atoms. The van der Waals surface area contributed by atoms with E-state index in [4.69, 9.17) is 11.6 Å². The number of nitrogens with one attached hydrogen (secondary N) is 1. The molecule has 0 bridgehead atoms. The van der Waals surface area contributed by atoms with Crippen molar-refractivity contribution in [2.75, 3.05) is 11.1 Å². The fourth-order valence-electron chi connectivity index (χ4n) is 3.08. The summed E-state index contributed by atoms with van der Waals surface area (Å²) in [7, 11) is 1.96. The van der Waals surface area contributed by atoms with Gasteiger partial charge in [-0.1, -0.05) is 53.7 Å². The van der Waals surface area contributed by atoms with Crippen molar-refractivity contribution in [3.05, 3.63) is 65.1 Å². The van der Waals surface area contributed by atoms with Crippen molar-refractivity contribution in [2.24, 2.45) is 7.05 Å². The number of halogens is 1. The summed E-state index contributed by atoms with van der Waals surface area (Å²) in [6.07, 6.45) is 2.58. The van der Waals surface area contributed by atoms with Gasteiger partial charge in [-0.2, -0.15) is 0 Å². The molecule has 1 aromatic carbocycles. The third kappa shape index (κ3) is 4.14. The van der Waals surface area contributed by atoms with E-state index in [9.17, 15) is 4.79 Å². The number of thioether (sulfide) groups is 1. The highest BCUT2D eigenvalue weighted by Crippen LogP contribution is 2.54. The third-order valence-corrected chi connectivity index (χ3v) is 5.79. The molecule has 1 N–H and O–H groups in total. The first-order chi connectivity index (χ1) is 13.1. The van der Waals surface area contributed by atoms with Gasteiger partial charge in [0.2, 0.25) is 5.91 Å². The van der Waals surface area contributed by atoms with Crippen LogP contribution in [0, 0.1) is 0 Å².